The summed E-state index contributed by atoms with van der Waals surface area (Å²) in [4.78, 5) is 0. The monoisotopic (exact) mass is 249 g/mol. The molecule has 7 nitrogen and oxygen atoms in total. The first-order valence-electron chi connectivity index (χ1n) is 6.18. The molecule has 0 radical (unpaired) electrons. The molecule has 0 unspecified atom stereocenters. The molecule has 1 aliphatic carbocycles. The SMILES string of the molecule is OCC1CCC(Oc2ccc3nnnn3n2)CC1. The number of tetrazole rings is 1. The molecule has 0 aliphatic heterocycles. The number of aliphatic hydroxyl groups is 1. The topological polar surface area (TPSA) is 85.4 Å². The second-order valence-electron chi connectivity index (χ2n) is 4.64. The number of aliphatic hydroxyl groups excluding tert-OH is 1. The molecule has 0 saturated heterocycles. The summed E-state index contributed by atoms with van der Waals surface area (Å²) in [6.07, 6.45) is 4.11. The Hall–Kier alpha value is -1.76. The van der Waals surface area contributed by atoms with Crippen LogP contribution in [0.1, 0.15) is 25.7 Å². The molecule has 96 valence electrons. The van der Waals surface area contributed by atoms with E-state index >= 15 is 0 Å². The highest BCUT2D eigenvalue weighted by atomic mass is 16.5. The number of rotatable bonds is 3. The van der Waals surface area contributed by atoms with Gasteiger partial charge in [-0.15, -0.1) is 14.8 Å². The molecule has 18 heavy (non-hydrogen) atoms. The standard InChI is InChI=1S/C11H15N5O2/c17-7-8-1-3-9(4-2-8)18-11-6-5-10-12-14-15-16(10)13-11/h5-6,8-9,17H,1-4,7H2. The second-order valence-corrected chi connectivity index (χ2v) is 4.64. The van der Waals surface area contributed by atoms with Crippen LogP contribution >= 0.6 is 0 Å². The van der Waals surface area contributed by atoms with Crippen molar-refractivity contribution >= 4 is 5.65 Å². The van der Waals surface area contributed by atoms with Gasteiger partial charge in [-0.3, -0.25) is 0 Å². The fourth-order valence-electron chi connectivity index (χ4n) is 2.30. The Balaban J connectivity index is 1.65. The molecule has 0 amide bonds. The van der Waals surface area contributed by atoms with Gasteiger partial charge in [0.1, 0.15) is 6.10 Å². The van der Waals surface area contributed by atoms with Crippen molar-refractivity contribution in [1.29, 1.82) is 0 Å². The number of aromatic nitrogens is 5. The van der Waals surface area contributed by atoms with Gasteiger partial charge >= 0.3 is 0 Å². The van der Waals surface area contributed by atoms with Crippen molar-refractivity contribution < 1.29 is 9.84 Å². The predicted octanol–water partition coefficient (Wildman–Crippen LogP) is 0.449. The Morgan fingerprint density at radius 1 is 1.28 bits per heavy atom. The maximum absolute atomic E-state index is 9.08. The molecule has 2 heterocycles. The van der Waals surface area contributed by atoms with Crippen molar-refractivity contribution in [3.63, 3.8) is 0 Å². The third-order valence-corrected chi connectivity index (χ3v) is 3.38. The fraction of sp³-hybridized carbons (Fsp3) is 0.636. The van der Waals surface area contributed by atoms with Crippen LogP contribution in [0.5, 0.6) is 5.88 Å². The average Bonchev–Trinajstić information content (AvgIpc) is 2.87. The van der Waals surface area contributed by atoms with Gasteiger partial charge in [0.05, 0.1) is 0 Å². The van der Waals surface area contributed by atoms with Gasteiger partial charge in [0.15, 0.2) is 5.65 Å². The average molecular weight is 249 g/mol. The maximum atomic E-state index is 9.08. The Morgan fingerprint density at radius 3 is 2.89 bits per heavy atom. The number of ether oxygens (including phenoxy) is 1. The molecule has 3 rings (SSSR count). The Labute approximate surface area is 104 Å². The molecule has 1 saturated carbocycles. The van der Waals surface area contributed by atoms with E-state index in [9.17, 15) is 0 Å². The minimum atomic E-state index is 0.175. The van der Waals surface area contributed by atoms with Gasteiger partial charge in [-0.2, -0.15) is 0 Å². The highest BCUT2D eigenvalue weighted by Gasteiger charge is 2.22. The van der Waals surface area contributed by atoms with Gasteiger partial charge < -0.3 is 9.84 Å². The summed E-state index contributed by atoms with van der Waals surface area (Å²) in [5.74, 6) is 0.974. The van der Waals surface area contributed by atoms with Crippen LogP contribution in [0.4, 0.5) is 0 Å². The molecule has 2 aromatic rings. The van der Waals surface area contributed by atoms with Gasteiger partial charge in [0.25, 0.3) is 0 Å². The van der Waals surface area contributed by atoms with Gasteiger partial charge in [-0.25, -0.2) is 0 Å². The molecule has 0 aromatic carbocycles. The van der Waals surface area contributed by atoms with E-state index in [1.165, 1.54) is 4.63 Å². The lowest BCUT2D eigenvalue weighted by Crippen LogP contribution is -2.26. The first-order valence-corrected chi connectivity index (χ1v) is 6.18. The zero-order chi connectivity index (χ0) is 12.4. The zero-order valence-corrected chi connectivity index (χ0v) is 9.94. The molecule has 1 N–H and O–H groups in total. The van der Waals surface area contributed by atoms with Crippen LogP contribution in [-0.2, 0) is 0 Å². The van der Waals surface area contributed by atoms with Crippen molar-refractivity contribution in [1.82, 2.24) is 25.3 Å². The number of hydrogen-bond donors (Lipinski definition) is 1. The van der Waals surface area contributed by atoms with E-state index in [0.717, 1.165) is 25.7 Å². The molecular weight excluding hydrogens is 234 g/mol. The highest BCUT2D eigenvalue weighted by Crippen LogP contribution is 2.26. The highest BCUT2D eigenvalue weighted by molar-refractivity contribution is 5.34. The van der Waals surface area contributed by atoms with E-state index in [2.05, 4.69) is 20.6 Å². The lowest BCUT2D eigenvalue weighted by atomic mass is 9.88. The smallest absolute Gasteiger partial charge is 0.233 e. The van der Waals surface area contributed by atoms with Crippen molar-refractivity contribution in [3.8, 4) is 5.88 Å². The van der Waals surface area contributed by atoms with Gasteiger partial charge in [-0.1, -0.05) is 0 Å². The first-order chi connectivity index (χ1) is 8.85. The number of hydrogen-bond acceptors (Lipinski definition) is 6. The number of fused-ring (bicyclic) bond motifs is 1. The van der Waals surface area contributed by atoms with E-state index in [1.54, 1.807) is 12.1 Å². The summed E-state index contributed by atoms with van der Waals surface area (Å²) >= 11 is 0. The summed E-state index contributed by atoms with van der Waals surface area (Å²) in [6.45, 7) is 0.279. The summed E-state index contributed by atoms with van der Waals surface area (Å²) in [7, 11) is 0. The van der Waals surface area contributed by atoms with Gasteiger partial charge in [-0.05, 0) is 48.1 Å². The van der Waals surface area contributed by atoms with Gasteiger partial charge in [0.2, 0.25) is 5.88 Å². The Bertz CT molecular complexity index is 521. The van der Waals surface area contributed by atoms with Crippen molar-refractivity contribution in [3.05, 3.63) is 12.1 Å². The third kappa shape index (κ3) is 2.26. The summed E-state index contributed by atoms with van der Waals surface area (Å²) in [5, 5.41) is 24.3. The Morgan fingerprint density at radius 2 is 2.11 bits per heavy atom. The van der Waals surface area contributed by atoms with Crippen molar-refractivity contribution in [2.45, 2.75) is 31.8 Å². The molecule has 1 fully saturated rings. The second kappa shape index (κ2) is 4.85. The summed E-state index contributed by atoms with van der Waals surface area (Å²) in [5.41, 5.74) is 0.603. The number of nitrogens with zero attached hydrogens (tertiary/aromatic N) is 5. The van der Waals surface area contributed by atoms with Crippen LogP contribution in [-0.4, -0.2) is 43.1 Å². The minimum absolute atomic E-state index is 0.175. The quantitative estimate of drug-likeness (QED) is 0.850. The van der Waals surface area contributed by atoms with Crippen LogP contribution in [0.25, 0.3) is 5.65 Å². The third-order valence-electron chi connectivity index (χ3n) is 3.38. The predicted molar refractivity (Wildman–Crippen MR) is 62.0 cm³/mol. The van der Waals surface area contributed by atoms with Gasteiger partial charge in [0, 0.05) is 12.7 Å². The van der Waals surface area contributed by atoms with Crippen LogP contribution in [0, 0.1) is 5.92 Å². The van der Waals surface area contributed by atoms with Crippen LogP contribution in [0.15, 0.2) is 12.1 Å². The molecule has 1 aliphatic rings. The maximum Gasteiger partial charge on any atom is 0.233 e. The minimum Gasteiger partial charge on any atom is -0.473 e. The van der Waals surface area contributed by atoms with Crippen LogP contribution in [0.3, 0.4) is 0 Å². The molecular formula is C11H15N5O2. The molecule has 0 atom stereocenters. The summed E-state index contributed by atoms with van der Waals surface area (Å²) in [6, 6.07) is 3.56. The van der Waals surface area contributed by atoms with Crippen molar-refractivity contribution in [2.75, 3.05) is 6.61 Å². The van der Waals surface area contributed by atoms with E-state index in [-0.39, 0.29) is 12.7 Å². The molecule has 7 heteroatoms. The molecule has 0 spiro atoms. The molecule has 0 bridgehead atoms. The van der Waals surface area contributed by atoms with Crippen LogP contribution < -0.4 is 4.74 Å². The zero-order valence-electron chi connectivity index (χ0n) is 9.94. The van der Waals surface area contributed by atoms with Crippen LogP contribution in [0.2, 0.25) is 0 Å². The van der Waals surface area contributed by atoms with E-state index < -0.39 is 0 Å². The van der Waals surface area contributed by atoms with E-state index in [4.69, 9.17) is 9.84 Å². The van der Waals surface area contributed by atoms with E-state index in [0.29, 0.717) is 17.4 Å². The summed E-state index contributed by atoms with van der Waals surface area (Å²) < 4.78 is 7.17. The van der Waals surface area contributed by atoms with Crippen molar-refractivity contribution in [2.24, 2.45) is 5.92 Å². The largest absolute Gasteiger partial charge is 0.473 e. The van der Waals surface area contributed by atoms with E-state index in [1.807, 2.05) is 0 Å². The fourth-order valence-corrected chi connectivity index (χ4v) is 2.30. The lowest BCUT2D eigenvalue weighted by molar-refractivity contribution is 0.0992. The Kier molecular flexibility index (Phi) is 3.06. The lowest BCUT2D eigenvalue weighted by Gasteiger charge is -2.27. The first kappa shape index (κ1) is 11.3. The molecule has 2 aromatic heterocycles. The normalized spacial score (nSPS) is 24.3.